The van der Waals surface area contributed by atoms with Crippen molar-refractivity contribution in [1.82, 2.24) is 39.0 Å². The highest BCUT2D eigenvalue weighted by molar-refractivity contribution is 5.76. The van der Waals surface area contributed by atoms with Crippen LogP contribution in [0.5, 0.6) is 0 Å². The molecule has 0 amide bonds. The number of imidazole rings is 2. The van der Waals surface area contributed by atoms with Crippen LogP contribution in [-0.4, -0.2) is 39.0 Å². The van der Waals surface area contributed by atoms with E-state index >= 15 is 0 Å². The number of hydrogen-bond donors (Lipinski definition) is 0. The van der Waals surface area contributed by atoms with Crippen LogP contribution in [0.1, 0.15) is 25.2 Å². The topological polar surface area (TPSA) is 87.2 Å². The molecule has 0 fully saturated rings. The van der Waals surface area contributed by atoms with Gasteiger partial charge in [-0.3, -0.25) is 19.1 Å². The van der Waals surface area contributed by atoms with Crippen LogP contribution < -0.4 is 0 Å². The molecule has 0 saturated heterocycles. The summed E-state index contributed by atoms with van der Waals surface area (Å²) in [6.45, 7) is 4.26. The molecular formula is C25H20N8. The molecule has 8 nitrogen and oxygen atoms in total. The Hall–Kier alpha value is -4.46. The molecule has 0 aliphatic heterocycles. The van der Waals surface area contributed by atoms with Gasteiger partial charge in [0.2, 0.25) is 0 Å². The van der Waals surface area contributed by atoms with Gasteiger partial charge >= 0.3 is 0 Å². The van der Waals surface area contributed by atoms with Crippen molar-refractivity contribution >= 4 is 22.1 Å². The van der Waals surface area contributed by atoms with Gasteiger partial charge in [-0.15, -0.1) is 0 Å². The minimum atomic E-state index is -0.435. The largest absolute Gasteiger partial charge is 0.281 e. The summed E-state index contributed by atoms with van der Waals surface area (Å²) in [6, 6.07) is 15.8. The fraction of sp³-hybridized carbons (Fsp3) is 0.120. The molecule has 0 saturated carbocycles. The van der Waals surface area contributed by atoms with Gasteiger partial charge in [-0.1, -0.05) is 12.1 Å². The Bertz CT molecular complexity index is 1490. The van der Waals surface area contributed by atoms with Gasteiger partial charge in [-0.05, 0) is 50.2 Å². The lowest BCUT2D eigenvalue weighted by Crippen LogP contribution is -2.23. The van der Waals surface area contributed by atoms with Crippen LogP contribution in [0, 0.1) is 0 Å². The normalized spacial score (nSPS) is 11.9. The first kappa shape index (κ1) is 19.2. The Morgan fingerprint density at radius 2 is 1.12 bits per heavy atom. The number of rotatable bonds is 4. The Balaban J connectivity index is 1.42. The zero-order valence-electron chi connectivity index (χ0n) is 18.2. The van der Waals surface area contributed by atoms with E-state index in [0.29, 0.717) is 0 Å². The van der Waals surface area contributed by atoms with E-state index in [9.17, 15) is 0 Å². The maximum atomic E-state index is 4.98. The first-order valence-electron chi connectivity index (χ1n) is 10.6. The lowest BCUT2D eigenvalue weighted by molar-refractivity contribution is 0.592. The van der Waals surface area contributed by atoms with Crippen molar-refractivity contribution in [3.8, 4) is 11.6 Å². The molecule has 160 valence electrons. The fourth-order valence-corrected chi connectivity index (χ4v) is 4.02. The van der Waals surface area contributed by atoms with Crippen LogP contribution >= 0.6 is 0 Å². The molecule has 6 aromatic heterocycles. The number of hydrogen-bond acceptors (Lipinski definition) is 6. The SMILES string of the molecule is CC(C)(c1cccc(-n2cnc3ccncc32)n1)c1cccc(-n2cnc3ccncc32)n1. The lowest BCUT2D eigenvalue weighted by atomic mass is 9.84. The average Bonchev–Trinajstić information content (AvgIpc) is 3.49. The second-order valence-corrected chi connectivity index (χ2v) is 8.34. The molecule has 0 atom stereocenters. The van der Waals surface area contributed by atoms with E-state index in [-0.39, 0.29) is 0 Å². The maximum Gasteiger partial charge on any atom is 0.138 e. The molecule has 0 aliphatic carbocycles. The Morgan fingerprint density at radius 3 is 1.61 bits per heavy atom. The van der Waals surface area contributed by atoms with E-state index in [4.69, 9.17) is 9.97 Å². The third-order valence-corrected chi connectivity index (χ3v) is 5.94. The minimum absolute atomic E-state index is 0.435. The molecule has 0 radical (unpaired) electrons. The van der Waals surface area contributed by atoms with E-state index in [0.717, 1.165) is 45.1 Å². The van der Waals surface area contributed by atoms with Crippen molar-refractivity contribution in [2.45, 2.75) is 19.3 Å². The zero-order chi connectivity index (χ0) is 22.4. The highest BCUT2D eigenvalue weighted by Gasteiger charge is 2.27. The van der Waals surface area contributed by atoms with Crippen LogP contribution in [0.25, 0.3) is 33.7 Å². The van der Waals surface area contributed by atoms with Crippen molar-refractivity contribution < 1.29 is 0 Å². The average molecular weight is 432 g/mol. The predicted molar refractivity (Wildman–Crippen MR) is 125 cm³/mol. The minimum Gasteiger partial charge on any atom is -0.281 e. The predicted octanol–water partition coefficient (Wildman–Crippen LogP) is 4.27. The van der Waals surface area contributed by atoms with E-state index in [2.05, 4.69) is 33.8 Å². The molecule has 0 bridgehead atoms. The van der Waals surface area contributed by atoms with Crippen molar-refractivity contribution in [3.05, 3.63) is 97.4 Å². The van der Waals surface area contributed by atoms with Gasteiger partial charge in [0.25, 0.3) is 0 Å². The molecule has 8 heteroatoms. The number of fused-ring (bicyclic) bond motifs is 2. The number of pyridine rings is 4. The first-order valence-corrected chi connectivity index (χ1v) is 10.6. The van der Waals surface area contributed by atoms with E-state index in [1.54, 1.807) is 37.4 Å². The van der Waals surface area contributed by atoms with Crippen molar-refractivity contribution in [2.24, 2.45) is 0 Å². The summed E-state index contributed by atoms with van der Waals surface area (Å²) in [6.07, 6.45) is 10.6. The molecular weight excluding hydrogens is 412 g/mol. The highest BCUT2D eigenvalue weighted by Crippen LogP contribution is 2.30. The van der Waals surface area contributed by atoms with Gasteiger partial charge in [0.1, 0.15) is 24.3 Å². The summed E-state index contributed by atoms with van der Waals surface area (Å²) in [4.78, 5) is 27.4. The van der Waals surface area contributed by atoms with Gasteiger partial charge in [0.05, 0.1) is 45.8 Å². The summed E-state index contributed by atoms with van der Waals surface area (Å²) in [5.74, 6) is 1.58. The van der Waals surface area contributed by atoms with Gasteiger partial charge in [-0.2, -0.15) is 0 Å². The molecule has 6 rings (SSSR count). The monoisotopic (exact) mass is 432 g/mol. The third kappa shape index (κ3) is 3.15. The quantitative estimate of drug-likeness (QED) is 0.413. The van der Waals surface area contributed by atoms with Gasteiger partial charge in [-0.25, -0.2) is 19.9 Å². The molecule has 0 aliphatic rings. The highest BCUT2D eigenvalue weighted by atomic mass is 15.1. The van der Waals surface area contributed by atoms with Crippen LogP contribution in [0.15, 0.2) is 86.0 Å². The van der Waals surface area contributed by atoms with Crippen molar-refractivity contribution in [3.63, 3.8) is 0 Å². The second-order valence-electron chi connectivity index (χ2n) is 8.34. The van der Waals surface area contributed by atoms with E-state index < -0.39 is 5.41 Å². The lowest BCUT2D eigenvalue weighted by Gasteiger charge is -2.24. The smallest absolute Gasteiger partial charge is 0.138 e. The molecule has 0 spiro atoms. The van der Waals surface area contributed by atoms with Gasteiger partial charge in [0, 0.05) is 17.8 Å². The molecule has 0 unspecified atom stereocenters. The summed E-state index contributed by atoms with van der Waals surface area (Å²) in [5.41, 5.74) is 4.98. The molecule has 0 aromatic carbocycles. The van der Waals surface area contributed by atoms with E-state index in [1.807, 2.05) is 57.7 Å². The van der Waals surface area contributed by atoms with Crippen LogP contribution in [0.2, 0.25) is 0 Å². The third-order valence-electron chi connectivity index (χ3n) is 5.94. The van der Waals surface area contributed by atoms with Gasteiger partial charge in [0.15, 0.2) is 0 Å². The number of aromatic nitrogens is 8. The Kier molecular flexibility index (Phi) is 4.26. The van der Waals surface area contributed by atoms with E-state index in [1.165, 1.54) is 0 Å². The standard InChI is InChI=1S/C25H20N8/c1-25(2,21-5-3-7-23(30-21)32-15-28-17-9-11-26-13-19(17)32)22-6-4-8-24(31-22)33-16-29-18-10-12-27-14-20(18)33/h3-16H,1-2H3. The summed E-state index contributed by atoms with van der Waals surface area (Å²) < 4.78 is 3.91. The second kappa shape index (κ2) is 7.30. The van der Waals surface area contributed by atoms with Crippen LogP contribution in [0.4, 0.5) is 0 Å². The van der Waals surface area contributed by atoms with Crippen LogP contribution in [-0.2, 0) is 5.41 Å². The fourth-order valence-electron chi connectivity index (χ4n) is 4.02. The maximum absolute atomic E-state index is 4.98. The van der Waals surface area contributed by atoms with Crippen LogP contribution in [0.3, 0.4) is 0 Å². The Morgan fingerprint density at radius 1 is 0.636 bits per heavy atom. The molecule has 6 aromatic rings. The molecule has 33 heavy (non-hydrogen) atoms. The van der Waals surface area contributed by atoms with Crippen molar-refractivity contribution in [2.75, 3.05) is 0 Å². The molecule has 0 N–H and O–H groups in total. The van der Waals surface area contributed by atoms with Gasteiger partial charge < -0.3 is 0 Å². The molecule has 6 heterocycles. The summed E-state index contributed by atoms with van der Waals surface area (Å²) in [7, 11) is 0. The van der Waals surface area contributed by atoms with Crippen molar-refractivity contribution in [1.29, 1.82) is 0 Å². The summed E-state index contributed by atoms with van der Waals surface area (Å²) >= 11 is 0. The number of nitrogens with zero attached hydrogens (tertiary/aromatic N) is 8. The Labute approximate surface area is 189 Å². The zero-order valence-corrected chi connectivity index (χ0v) is 18.2. The summed E-state index contributed by atoms with van der Waals surface area (Å²) in [5, 5.41) is 0. The first-order chi connectivity index (χ1) is 16.1.